The maximum Gasteiger partial charge on any atom is 0.0746 e. The van der Waals surface area contributed by atoms with Gasteiger partial charge in [0.2, 0.25) is 0 Å². The third kappa shape index (κ3) is 3.33. The topological polar surface area (TPSA) is 23.5 Å². The summed E-state index contributed by atoms with van der Waals surface area (Å²) in [6.45, 7) is 9.93. The summed E-state index contributed by atoms with van der Waals surface area (Å²) in [5.41, 5.74) is 0.653. The normalized spacial score (nSPS) is 26.2. The van der Waals surface area contributed by atoms with Crippen molar-refractivity contribution in [3.05, 3.63) is 42.8 Å². The van der Waals surface area contributed by atoms with Crippen molar-refractivity contribution in [3.63, 3.8) is 0 Å². The van der Waals surface area contributed by atoms with Gasteiger partial charge in [0.1, 0.15) is 0 Å². The van der Waals surface area contributed by atoms with Gasteiger partial charge in [-0.05, 0) is 44.7 Å². The number of hydrogen-bond donors (Lipinski definition) is 1. The molecule has 1 N–H and O–H groups in total. The van der Waals surface area contributed by atoms with Crippen molar-refractivity contribution in [3.8, 4) is 0 Å². The van der Waals surface area contributed by atoms with Crippen LogP contribution in [-0.2, 0) is 6.54 Å². The van der Waals surface area contributed by atoms with Crippen molar-refractivity contribution < 1.29 is 5.11 Å². The molecular formula is C16H24NO. The van der Waals surface area contributed by atoms with Crippen LogP contribution in [0.2, 0.25) is 0 Å². The van der Waals surface area contributed by atoms with Crippen LogP contribution in [0.1, 0.15) is 32.3 Å². The van der Waals surface area contributed by atoms with E-state index in [1.165, 1.54) is 5.56 Å². The average molecular weight is 246 g/mol. The lowest BCUT2D eigenvalue weighted by atomic mass is 9.83. The molecule has 2 unspecified atom stereocenters. The predicted molar refractivity (Wildman–Crippen MR) is 75.0 cm³/mol. The predicted octanol–water partition coefficient (Wildman–Crippen LogP) is 2.87. The summed E-state index contributed by atoms with van der Waals surface area (Å²) in [5, 5.41) is 10.3. The zero-order valence-electron chi connectivity index (χ0n) is 11.5. The molecule has 0 bridgehead atoms. The molecule has 0 spiro atoms. The molecule has 2 nitrogen and oxygen atoms in total. The molecule has 0 saturated carbocycles. The van der Waals surface area contributed by atoms with Crippen LogP contribution in [0.15, 0.2) is 30.3 Å². The van der Waals surface area contributed by atoms with Crippen molar-refractivity contribution >= 4 is 0 Å². The van der Waals surface area contributed by atoms with Crippen LogP contribution >= 0.6 is 0 Å². The molecule has 1 aromatic carbocycles. The monoisotopic (exact) mass is 246 g/mol. The van der Waals surface area contributed by atoms with Crippen molar-refractivity contribution in [2.45, 2.75) is 44.9 Å². The molecule has 0 amide bonds. The highest BCUT2D eigenvalue weighted by atomic mass is 16.3. The SMILES string of the molecule is [CH2]C1CCN(Cc2ccccc2)C(C(C)(C)O)C1. The van der Waals surface area contributed by atoms with Crippen LogP contribution in [0.25, 0.3) is 0 Å². The Morgan fingerprint density at radius 1 is 1.33 bits per heavy atom. The van der Waals surface area contributed by atoms with Crippen molar-refractivity contribution in [1.82, 2.24) is 4.90 Å². The van der Waals surface area contributed by atoms with E-state index in [0.29, 0.717) is 5.92 Å². The largest absolute Gasteiger partial charge is 0.389 e. The van der Waals surface area contributed by atoms with E-state index >= 15 is 0 Å². The number of aliphatic hydroxyl groups is 1. The van der Waals surface area contributed by atoms with E-state index in [0.717, 1.165) is 25.9 Å². The Balaban J connectivity index is 2.10. The van der Waals surface area contributed by atoms with Gasteiger partial charge in [0.25, 0.3) is 0 Å². The van der Waals surface area contributed by atoms with Gasteiger partial charge in [0.05, 0.1) is 5.60 Å². The zero-order valence-corrected chi connectivity index (χ0v) is 11.5. The second-order valence-corrected chi connectivity index (χ2v) is 6.02. The molecule has 1 radical (unpaired) electrons. The maximum absolute atomic E-state index is 10.3. The molecule has 2 heteroatoms. The van der Waals surface area contributed by atoms with E-state index in [4.69, 9.17) is 0 Å². The van der Waals surface area contributed by atoms with Crippen LogP contribution < -0.4 is 0 Å². The summed E-state index contributed by atoms with van der Waals surface area (Å²) in [6, 6.07) is 10.7. The third-order valence-electron chi connectivity index (χ3n) is 3.87. The van der Waals surface area contributed by atoms with Crippen LogP contribution in [0.4, 0.5) is 0 Å². The number of benzene rings is 1. The highest BCUT2D eigenvalue weighted by molar-refractivity contribution is 5.15. The molecule has 18 heavy (non-hydrogen) atoms. The van der Waals surface area contributed by atoms with Gasteiger partial charge in [-0.3, -0.25) is 4.90 Å². The molecule has 2 atom stereocenters. The third-order valence-corrected chi connectivity index (χ3v) is 3.87. The summed E-state index contributed by atoms with van der Waals surface area (Å²) in [4.78, 5) is 2.40. The fourth-order valence-corrected chi connectivity index (χ4v) is 2.83. The Labute approximate surface area is 111 Å². The van der Waals surface area contributed by atoms with Crippen molar-refractivity contribution in [2.75, 3.05) is 6.54 Å². The zero-order chi connectivity index (χ0) is 13.2. The second kappa shape index (κ2) is 5.41. The fourth-order valence-electron chi connectivity index (χ4n) is 2.83. The minimum absolute atomic E-state index is 0.203. The van der Waals surface area contributed by atoms with Crippen LogP contribution in [0.3, 0.4) is 0 Å². The van der Waals surface area contributed by atoms with E-state index in [9.17, 15) is 5.11 Å². The molecule has 1 fully saturated rings. The lowest BCUT2D eigenvalue weighted by Gasteiger charge is -2.44. The smallest absolute Gasteiger partial charge is 0.0746 e. The van der Waals surface area contributed by atoms with Crippen LogP contribution in [0.5, 0.6) is 0 Å². The molecule has 1 aliphatic heterocycles. The van der Waals surface area contributed by atoms with Gasteiger partial charge in [-0.1, -0.05) is 37.3 Å². The minimum atomic E-state index is -0.662. The van der Waals surface area contributed by atoms with Gasteiger partial charge in [-0.15, -0.1) is 0 Å². The molecule has 2 rings (SSSR count). The first-order chi connectivity index (χ1) is 8.47. The van der Waals surface area contributed by atoms with Gasteiger partial charge < -0.3 is 5.11 Å². The molecular weight excluding hydrogens is 222 g/mol. The molecule has 0 aromatic heterocycles. The quantitative estimate of drug-likeness (QED) is 0.886. The summed E-state index contributed by atoms with van der Waals surface area (Å²) < 4.78 is 0. The highest BCUT2D eigenvalue weighted by Gasteiger charge is 2.36. The Morgan fingerprint density at radius 3 is 2.61 bits per heavy atom. The van der Waals surface area contributed by atoms with E-state index < -0.39 is 5.60 Å². The number of rotatable bonds is 3. The standard InChI is InChI=1S/C16H24NO/c1-13-9-10-17(15(11-13)16(2,3)18)12-14-7-5-4-6-8-14/h4-8,13,15,18H,1,9-12H2,2-3H3. The summed E-state index contributed by atoms with van der Waals surface area (Å²) >= 11 is 0. The first-order valence-electron chi connectivity index (χ1n) is 6.80. The Bertz CT molecular complexity index is 368. The highest BCUT2D eigenvalue weighted by Crippen LogP contribution is 2.30. The summed E-state index contributed by atoms with van der Waals surface area (Å²) in [6.07, 6.45) is 2.11. The number of piperidine rings is 1. The maximum atomic E-state index is 10.3. The van der Waals surface area contributed by atoms with E-state index in [1.54, 1.807) is 0 Å². The van der Waals surface area contributed by atoms with E-state index in [-0.39, 0.29) is 6.04 Å². The van der Waals surface area contributed by atoms with Gasteiger partial charge >= 0.3 is 0 Å². The first kappa shape index (κ1) is 13.6. The molecule has 1 saturated heterocycles. The van der Waals surface area contributed by atoms with Crippen molar-refractivity contribution in [1.29, 1.82) is 0 Å². The summed E-state index contributed by atoms with van der Waals surface area (Å²) in [7, 11) is 0. The fraction of sp³-hybridized carbons (Fsp3) is 0.562. The summed E-state index contributed by atoms with van der Waals surface area (Å²) in [5.74, 6) is 0.466. The number of hydrogen-bond acceptors (Lipinski definition) is 2. The lowest BCUT2D eigenvalue weighted by molar-refractivity contribution is -0.0474. The molecule has 0 aliphatic carbocycles. The van der Waals surface area contributed by atoms with Crippen LogP contribution in [0, 0.1) is 12.8 Å². The average Bonchev–Trinajstić information content (AvgIpc) is 2.31. The lowest BCUT2D eigenvalue weighted by Crippen LogP contribution is -2.53. The van der Waals surface area contributed by atoms with Gasteiger partial charge in [-0.2, -0.15) is 0 Å². The first-order valence-corrected chi connectivity index (χ1v) is 6.80. The number of likely N-dealkylation sites (tertiary alicyclic amines) is 1. The molecule has 1 heterocycles. The van der Waals surface area contributed by atoms with Gasteiger partial charge in [-0.25, -0.2) is 0 Å². The Hall–Kier alpha value is -0.860. The Kier molecular flexibility index (Phi) is 4.08. The second-order valence-electron chi connectivity index (χ2n) is 6.02. The molecule has 1 aromatic rings. The van der Waals surface area contributed by atoms with Crippen molar-refractivity contribution in [2.24, 2.45) is 5.92 Å². The van der Waals surface area contributed by atoms with Gasteiger partial charge in [0, 0.05) is 12.6 Å². The Morgan fingerprint density at radius 2 is 2.00 bits per heavy atom. The molecule has 1 aliphatic rings. The van der Waals surface area contributed by atoms with E-state index in [1.807, 2.05) is 19.9 Å². The van der Waals surface area contributed by atoms with E-state index in [2.05, 4.69) is 36.1 Å². The number of nitrogens with zero attached hydrogens (tertiary/aromatic N) is 1. The minimum Gasteiger partial charge on any atom is -0.389 e. The van der Waals surface area contributed by atoms with Gasteiger partial charge in [0.15, 0.2) is 0 Å². The molecule has 99 valence electrons. The van der Waals surface area contributed by atoms with Crippen LogP contribution in [-0.4, -0.2) is 28.2 Å².